The number of hydrogen-bond acceptors (Lipinski definition) is 1. The molecule has 84 valence electrons. The molecule has 0 amide bonds. The highest BCUT2D eigenvalue weighted by molar-refractivity contribution is 6.08. The second-order valence-electron chi connectivity index (χ2n) is 4.14. The Balaban J connectivity index is 2.31. The van der Waals surface area contributed by atoms with Crippen molar-refractivity contribution in [2.75, 3.05) is 0 Å². The van der Waals surface area contributed by atoms with Crippen LogP contribution in [0.1, 0.15) is 5.56 Å². The van der Waals surface area contributed by atoms with Crippen molar-refractivity contribution in [2.45, 2.75) is 6.42 Å². The predicted octanol–water partition coefficient (Wildman–Crippen LogP) is 3.34. The molecule has 0 spiro atoms. The lowest BCUT2D eigenvalue weighted by molar-refractivity contribution is 1.27. The summed E-state index contributed by atoms with van der Waals surface area (Å²) in [7, 11) is 0. The van der Waals surface area contributed by atoms with Crippen molar-refractivity contribution in [1.82, 2.24) is 4.98 Å². The highest BCUT2D eigenvalue weighted by Crippen LogP contribution is 2.27. The molecule has 2 nitrogen and oxygen atoms in total. The summed E-state index contributed by atoms with van der Waals surface area (Å²) in [6.45, 7) is 0. The number of para-hydroxylation sites is 2. The van der Waals surface area contributed by atoms with Crippen LogP contribution in [-0.2, 0) is 6.42 Å². The standard InChI is InChI=1S/C15H14N2/c16-10-4-6-11-5-3-8-13-12-7-1-2-9-14(12)17-15(11)13/h1-5,7-10,17H,6,16H2/b10-4+. The summed E-state index contributed by atoms with van der Waals surface area (Å²) in [6.07, 6.45) is 4.43. The minimum atomic E-state index is 0.862. The summed E-state index contributed by atoms with van der Waals surface area (Å²) in [4.78, 5) is 3.48. The molecule has 2 heteroatoms. The molecule has 0 aliphatic rings. The van der Waals surface area contributed by atoms with Gasteiger partial charge in [-0.05, 0) is 24.3 Å². The number of hydrogen-bond donors (Lipinski definition) is 2. The number of benzene rings is 2. The topological polar surface area (TPSA) is 41.8 Å². The molecule has 0 atom stereocenters. The molecule has 0 aliphatic heterocycles. The Morgan fingerprint density at radius 2 is 1.82 bits per heavy atom. The maximum absolute atomic E-state index is 5.40. The van der Waals surface area contributed by atoms with E-state index in [0.717, 1.165) is 6.42 Å². The molecule has 0 fully saturated rings. The van der Waals surface area contributed by atoms with Crippen LogP contribution >= 0.6 is 0 Å². The van der Waals surface area contributed by atoms with Crippen molar-refractivity contribution in [3.8, 4) is 0 Å². The molecule has 0 saturated carbocycles. The van der Waals surface area contributed by atoms with Crippen LogP contribution in [0.15, 0.2) is 54.7 Å². The molecule has 0 aliphatic carbocycles. The Labute approximate surface area is 99.7 Å². The van der Waals surface area contributed by atoms with E-state index in [1.807, 2.05) is 6.08 Å². The van der Waals surface area contributed by atoms with E-state index in [2.05, 4.69) is 47.4 Å². The lowest BCUT2D eigenvalue weighted by atomic mass is 10.1. The zero-order valence-corrected chi connectivity index (χ0v) is 9.48. The van der Waals surface area contributed by atoms with Crippen molar-refractivity contribution in [2.24, 2.45) is 5.73 Å². The van der Waals surface area contributed by atoms with Gasteiger partial charge in [0.25, 0.3) is 0 Å². The molecule has 0 saturated heterocycles. The maximum atomic E-state index is 5.40. The van der Waals surface area contributed by atoms with E-state index in [1.54, 1.807) is 6.20 Å². The van der Waals surface area contributed by atoms with Crippen molar-refractivity contribution in [1.29, 1.82) is 0 Å². The third kappa shape index (κ3) is 1.58. The number of fused-ring (bicyclic) bond motifs is 3. The number of H-pyrrole nitrogens is 1. The zero-order chi connectivity index (χ0) is 11.7. The van der Waals surface area contributed by atoms with Gasteiger partial charge in [-0.2, -0.15) is 0 Å². The normalized spacial score (nSPS) is 11.8. The van der Waals surface area contributed by atoms with Crippen LogP contribution in [0.2, 0.25) is 0 Å². The molecule has 17 heavy (non-hydrogen) atoms. The third-order valence-electron chi connectivity index (χ3n) is 3.10. The van der Waals surface area contributed by atoms with E-state index in [4.69, 9.17) is 5.73 Å². The Morgan fingerprint density at radius 3 is 2.71 bits per heavy atom. The number of nitrogens with two attached hydrogens (primary N) is 1. The van der Waals surface area contributed by atoms with E-state index >= 15 is 0 Å². The largest absolute Gasteiger partial charge is 0.405 e. The number of rotatable bonds is 2. The summed E-state index contributed by atoms with van der Waals surface area (Å²) in [5.41, 5.74) is 9.08. The first kappa shape index (κ1) is 9.97. The lowest BCUT2D eigenvalue weighted by Crippen LogP contribution is -1.85. The van der Waals surface area contributed by atoms with Gasteiger partial charge < -0.3 is 10.7 Å². The van der Waals surface area contributed by atoms with Crippen molar-refractivity contribution >= 4 is 21.8 Å². The first-order chi connectivity index (χ1) is 8.40. The Hall–Kier alpha value is -2.22. The van der Waals surface area contributed by atoms with Crippen LogP contribution in [0, 0.1) is 0 Å². The van der Waals surface area contributed by atoms with E-state index in [0.29, 0.717) is 0 Å². The van der Waals surface area contributed by atoms with Gasteiger partial charge in [0.05, 0.1) is 5.52 Å². The van der Waals surface area contributed by atoms with E-state index < -0.39 is 0 Å². The van der Waals surface area contributed by atoms with E-state index in [1.165, 1.54) is 27.4 Å². The summed E-state index contributed by atoms with van der Waals surface area (Å²) in [5, 5.41) is 2.56. The van der Waals surface area contributed by atoms with Gasteiger partial charge in [-0.15, -0.1) is 0 Å². The highest BCUT2D eigenvalue weighted by Gasteiger charge is 2.05. The SMILES string of the molecule is N/C=C/Cc1cccc2c1[nH]c1ccccc12. The van der Waals surface area contributed by atoms with Crippen LogP contribution in [-0.4, -0.2) is 4.98 Å². The van der Waals surface area contributed by atoms with Gasteiger partial charge in [0.2, 0.25) is 0 Å². The fourth-order valence-electron chi connectivity index (χ4n) is 2.30. The average Bonchev–Trinajstić information content (AvgIpc) is 2.75. The fourth-order valence-corrected chi connectivity index (χ4v) is 2.30. The molecule has 0 radical (unpaired) electrons. The first-order valence-electron chi connectivity index (χ1n) is 5.75. The molecule has 0 unspecified atom stereocenters. The van der Waals surface area contributed by atoms with Crippen LogP contribution < -0.4 is 5.73 Å². The van der Waals surface area contributed by atoms with Gasteiger partial charge in [0.1, 0.15) is 0 Å². The number of nitrogens with one attached hydrogen (secondary N) is 1. The second-order valence-corrected chi connectivity index (χ2v) is 4.14. The quantitative estimate of drug-likeness (QED) is 0.686. The van der Waals surface area contributed by atoms with Gasteiger partial charge in [0, 0.05) is 16.3 Å². The zero-order valence-electron chi connectivity index (χ0n) is 9.48. The van der Waals surface area contributed by atoms with E-state index in [9.17, 15) is 0 Å². The van der Waals surface area contributed by atoms with Crippen molar-refractivity contribution in [3.05, 3.63) is 60.3 Å². The fraction of sp³-hybridized carbons (Fsp3) is 0.0667. The van der Waals surface area contributed by atoms with Gasteiger partial charge in [-0.25, -0.2) is 0 Å². The highest BCUT2D eigenvalue weighted by atomic mass is 14.7. The summed E-state index contributed by atoms with van der Waals surface area (Å²) in [6, 6.07) is 14.8. The first-order valence-corrected chi connectivity index (χ1v) is 5.75. The van der Waals surface area contributed by atoms with Crippen LogP contribution in [0.3, 0.4) is 0 Å². The average molecular weight is 222 g/mol. The van der Waals surface area contributed by atoms with Crippen LogP contribution in [0.25, 0.3) is 21.8 Å². The number of allylic oxidation sites excluding steroid dienone is 1. The third-order valence-corrected chi connectivity index (χ3v) is 3.10. The van der Waals surface area contributed by atoms with Gasteiger partial charge in [0.15, 0.2) is 0 Å². The molecule has 1 aromatic heterocycles. The number of aromatic amines is 1. The molecular weight excluding hydrogens is 208 g/mol. The monoisotopic (exact) mass is 222 g/mol. The molecular formula is C15H14N2. The Bertz CT molecular complexity index is 692. The predicted molar refractivity (Wildman–Crippen MR) is 72.8 cm³/mol. The summed E-state index contributed by atoms with van der Waals surface area (Å²) >= 11 is 0. The molecule has 3 rings (SSSR count). The van der Waals surface area contributed by atoms with E-state index in [-0.39, 0.29) is 0 Å². The minimum Gasteiger partial charge on any atom is -0.405 e. The van der Waals surface area contributed by atoms with Crippen LogP contribution in [0.5, 0.6) is 0 Å². The van der Waals surface area contributed by atoms with Crippen molar-refractivity contribution in [3.63, 3.8) is 0 Å². The van der Waals surface area contributed by atoms with Gasteiger partial charge >= 0.3 is 0 Å². The Morgan fingerprint density at radius 1 is 1.00 bits per heavy atom. The van der Waals surface area contributed by atoms with Crippen molar-refractivity contribution < 1.29 is 0 Å². The molecule has 3 N–H and O–H groups in total. The van der Waals surface area contributed by atoms with Crippen LogP contribution in [0.4, 0.5) is 0 Å². The van der Waals surface area contributed by atoms with Gasteiger partial charge in [-0.1, -0.05) is 42.5 Å². The maximum Gasteiger partial charge on any atom is 0.0500 e. The summed E-state index contributed by atoms with van der Waals surface area (Å²) < 4.78 is 0. The van der Waals surface area contributed by atoms with Gasteiger partial charge in [-0.3, -0.25) is 0 Å². The molecule has 2 aromatic carbocycles. The number of aromatic nitrogens is 1. The smallest absolute Gasteiger partial charge is 0.0500 e. The second kappa shape index (κ2) is 3.98. The molecule has 0 bridgehead atoms. The summed E-state index contributed by atoms with van der Waals surface area (Å²) in [5.74, 6) is 0. The Kier molecular flexibility index (Phi) is 2.33. The lowest BCUT2D eigenvalue weighted by Gasteiger charge is -1.98. The molecule has 1 heterocycles. The minimum absolute atomic E-state index is 0.862. The molecule has 3 aromatic rings.